The molecule has 1 heterocycles. The number of hydrogen-bond acceptors (Lipinski definition) is 2. The normalized spacial score (nSPS) is 10.5. The fourth-order valence-electron chi connectivity index (χ4n) is 1.93. The molecule has 0 aliphatic heterocycles. The van der Waals surface area contributed by atoms with Gasteiger partial charge in [0.25, 0.3) is 5.91 Å². The second-order valence-electron chi connectivity index (χ2n) is 4.64. The first-order chi connectivity index (χ1) is 8.97. The lowest BCUT2D eigenvalue weighted by Gasteiger charge is -2.17. The van der Waals surface area contributed by atoms with Crippen LogP contribution in [0.2, 0.25) is 0 Å². The van der Waals surface area contributed by atoms with Gasteiger partial charge in [0.15, 0.2) is 0 Å². The fourth-order valence-corrected chi connectivity index (χ4v) is 1.93. The number of carbonyl (C=O) groups excluding carboxylic acids is 1. The molecule has 0 aliphatic carbocycles. The lowest BCUT2D eigenvalue weighted by Crippen LogP contribution is -2.26. The molecule has 0 unspecified atom stereocenters. The second kappa shape index (κ2) is 5.22. The van der Waals surface area contributed by atoms with Gasteiger partial charge in [0, 0.05) is 38.0 Å². The third-order valence-electron chi connectivity index (χ3n) is 2.95. The highest BCUT2D eigenvalue weighted by Gasteiger charge is 2.15. The number of nitrogens with zero attached hydrogens (tertiary/aromatic N) is 3. The zero-order valence-corrected chi connectivity index (χ0v) is 11.2. The van der Waals surface area contributed by atoms with Gasteiger partial charge in [0.05, 0.1) is 6.20 Å². The Kier molecular flexibility index (Phi) is 3.64. The predicted octanol–water partition coefficient (Wildman–Crippen LogP) is 2.14. The summed E-state index contributed by atoms with van der Waals surface area (Å²) in [7, 11) is 3.52. The maximum atomic E-state index is 13.2. The van der Waals surface area contributed by atoms with E-state index in [2.05, 4.69) is 5.10 Å². The van der Waals surface area contributed by atoms with Crippen LogP contribution in [-0.2, 0) is 13.6 Å². The van der Waals surface area contributed by atoms with E-state index in [1.54, 1.807) is 35.8 Å². The summed E-state index contributed by atoms with van der Waals surface area (Å²) >= 11 is 0. The molecule has 0 bridgehead atoms. The minimum atomic E-state index is -0.399. The zero-order valence-electron chi connectivity index (χ0n) is 11.2. The molecule has 4 nitrogen and oxygen atoms in total. The topological polar surface area (TPSA) is 38.1 Å². The highest BCUT2D eigenvalue weighted by molar-refractivity contribution is 5.95. The number of aryl methyl sites for hydroxylation is 2. The molecule has 1 amide bonds. The SMILES string of the molecule is Cc1ccc(F)cc1C(=O)N(C)Cc1cnn(C)c1. The Morgan fingerprint density at radius 1 is 1.47 bits per heavy atom. The van der Waals surface area contributed by atoms with Gasteiger partial charge in [0.2, 0.25) is 0 Å². The first-order valence-electron chi connectivity index (χ1n) is 5.96. The van der Waals surface area contributed by atoms with Crippen LogP contribution >= 0.6 is 0 Å². The average Bonchev–Trinajstić information content (AvgIpc) is 2.77. The van der Waals surface area contributed by atoms with E-state index >= 15 is 0 Å². The van der Waals surface area contributed by atoms with E-state index in [0.29, 0.717) is 12.1 Å². The number of carbonyl (C=O) groups is 1. The lowest BCUT2D eigenvalue weighted by molar-refractivity contribution is 0.0784. The third-order valence-corrected chi connectivity index (χ3v) is 2.95. The van der Waals surface area contributed by atoms with Crippen LogP contribution in [0.5, 0.6) is 0 Å². The Morgan fingerprint density at radius 2 is 2.21 bits per heavy atom. The van der Waals surface area contributed by atoms with Crippen LogP contribution in [0.15, 0.2) is 30.6 Å². The molecule has 0 atom stereocenters. The van der Waals surface area contributed by atoms with Crippen molar-refractivity contribution in [1.82, 2.24) is 14.7 Å². The number of hydrogen-bond donors (Lipinski definition) is 0. The van der Waals surface area contributed by atoms with E-state index in [1.165, 1.54) is 12.1 Å². The minimum Gasteiger partial charge on any atom is -0.337 e. The van der Waals surface area contributed by atoms with Crippen molar-refractivity contribution in [2.45, 2.75) is 13.5 Å². The molecule has 5 heteroatoms. The highest BCUT2D eigenvalue weighted by atomic mass is 19.1. The van der Waals surface area contributed by atoms with Gasteiger partial charge in [-0.3, -0.25) is 9.48 Å². The number of amides is 1. The van der Waals surface area contributed by atoms with Crippen LogP contribution in [0.3, 0.4) is 0 Å². The van der Waals surface area contributed by atoms with Crippen molar-refractivity contribution in [3.63, 3.8) is 0 Å². The molecule has 2 aromatic rings. The highest BCUT2D eigenvalue weighted by Crippen LogP contribution is 2.14. The van der Waals surface area contributed by atoms with Crippen LogP contribution in [0, 0.1) is 12.7 Å². The summed E-state index contributed by atoms with van der Waals surface area (Å²) < 4.78 is 14.9. The van der Waals surface area contributed by atoms with Gasteiger partial charge in [-0.2, -0.15) is 5.10 Å². The van der Waals surface area contributed by atoms with Crippen LogP contribution in [0.25, 0.3) is 0 Å². The number of aromatic nitrogens is 2. The maximum Gasteiger partial charge on any atom is 0.254 e. The maximum absolute atomic E-state index is 13.2. The minimum absolute atomic E-state index is 0.194. The third kappa shape index (κ3) is 2.99. The Balaban J connectivity index is 2.16. The van der Waals surface area contributed by atoms with Gasteiger partial charge in [-0.1, -0.05) is 6.07 Å². The van der Waals surface area contributed by atoms with Gasteiger partial charge < -0.3 is 4.90 Å². The van der Waals surface area contributed by atoms with Crippen molar-refractivity contribution in [3.8, 4) is 0 Å². The largest absolute Gasteiger partial charge is 0.337 e. The first-order valence-corrected chi connectivity index (χ1v) is 5.96. The van der Waals surface area contributed by atoms with Crippen molar-refractivity contribution < 1.29 is 9.18 Å². The molecule has 0 fully saturated rings. The zero-order chi connectivity index (χ0) is 14.0. The molecular formula is C14H16FN3O. The quantitative estimate of drug-likeness (QED) is 0.849. The lowest BCUT2D eigenvalue weighted by atomic mass is 10.1. The molecule has 100 valence electrons. The fraction of sp³-hybridized carbons (Fsp3) is 0.286. The summed E-state index contributed by atoms with van der Waals surface area (Å²) in [6.45, 7) is 2.24. The Hall–Kier alpha value is -2.17. The summed E-state index contributed by atoms with van der Waals surface area (Å²) in [5.41, 5.74) is 2.10. The molecule has 0 saturated heterocycles. The van der Waals surface area contributed by atoms with E-state index in [9.17, 15) is 9.18 Å². The molecule has 1 aromatic heterocycles. The van der Waals surface area contributed by atoms with E-state index < -0.39 is 5.82 Å². The van der Waals surface area contributed by atoms with Crippen molar-refractivity contribution in [3.05, 3.63) is 53.1 Å². The van der Waals surface area contributed by atoms with Gasteiger partial charge >= 0.3 is 0 Å². The monoisotopic (exact) mass is 261 g/mol. The predicted molar refractivity (Wildman–Crippen MR) is 70.1 cm³/mol. The molecule has 19 heavy (non-hydrogen) atoms. The van der Waals surface area contributed by atoms with Gasteiger partial charge in [0.1, 0.15) is 5.82 Å². The number of benzene rings is 1. The van der Waals surface area contributed by atoms with E-state index in [4.69, 9.17) is 0 Å². The van der Waals surface area contributed by atoms with Crippen LogP contribution < -0.4 is 0 Å². The van der Waals surface area contributed by atoms with Crippen LogP contribution in [0.4, 0.5) is 4.39 Å². The first kappa shape index (κ1) is 13.3. The second-order valence-corrected chi connectivity index (χ2v) is 4.64. The molecule has 0 spiro atoms. The Bertz CT molecular complexity index is 606. The molecule has 0 radical (unpaired) electrons. The molecule has 1 aromatic carbocycles. The Labute approximate surface area is 111 Å². The molecule has 0 saturated carbocycles. The average molecular weight is 261 g/mol. The van der Waals surface area contributed by atoms with Crippen LogP contribution in [-0.4, -0.2) is 27.6 Å². The number of halogens is 1. The summed E-state index contributed by atoms with van der Waals surface area (Å²) in [4.78, 5) is 13.8. The molecular weight excluding hydrogens is 245 g/mol. The van der Waals surface area contributed by atoms with Crippen molar-refractivity contribution in [1.29, 1.82) is 0 Å². The molecule has 2 rings (SSSR count). The molecule has 0 aliphatic rings. The summed E-state index contributed by atoms with van der Waals surface area (Å²) in [5, 5.41) is 4.05. The van der Waals surface area contributed by atoms with Gasteiger partial charge in [-0.05, 0) is 24.6 Å². The van der Waals surface area contributed by atoms with Crippen LogP contribution in [0.1, 0.15) is 21.5 Å². The van der Waals surface area contributed by atoms with E-state index in [-0.39, 0.29) is 5.91 Å². The van der Waals surface area contributed by atoms with Gasteiger partial charge in [-0.15, -0.1) is 0 Å². The summed E-state index contributed by atoms with van der Waals surface area (Å²) in [5.74, 6) is -0.593. The van der Waals surface area contributed by atoms with E-state index in [0.717, 1.165) is 11.1 Å². The summed E-state index contributed by atoms with van der Waals surface area (Å²) in [6, 6.07) is 4.24. The molecule has 0 N–H and O–H groups in total. The summed E-state index contributed by atoms with van der Waals surface area (Å²) in [6.07, 6.45) is 3.56. The van der Waals surface area contributed by atoms with Crippen molar-refractivity contribution in [2.75, 3.05) is 7.05 Å². The smallest absolute Gasteiger partial charge is 0.254 e. The standard InChI is InChI=1S/C14H16FN3O/c1-10-4-5-12(15)6-13(10)14(19)17(2)8-11-7-16-18(3)9-11/h4-7,9H,8H2,1-3H3. The van der Waals surface area contributed by atoms with Crippen molar-refractivity contribution >= 4 is 5.91 Å². The number of rotatable bonds is 3. The Morgan fingerprint density at radius 3 is 2.84 bits per heavy atom. The van der Waals surface area contributed by atoms with Gasteiger partial charge in [-0.25, -0.2) is 4.39 Å². The van der Waals surface area contributed by atoms with Crippen molar-refractivity contribution in [2.24, 2.45) is 7.05 Å². The van der Waals surface area contributed by atoms with E-state index in [1.807, 2.05) is 13.2 Å².